The van der Waals surface area contributed by atoms with Crippen molar-refractivity contribution in [3.05, 3.63) is 29.8 Å². The molecule has 1 unspecified atom stereocenters. The van der Waals surface area contributed by atoms with Gasteiger partial charge in [-0.2, -0.15) is 11.8 Å². The number of hydrogen-bond donors (Lipinski definition) is 2. The second-order valence-corrected chi connectivity index (χ2v) is 8.68. The molecule has 142 valence electrons. The number of sulfonamides is 1. The Labute approximate surface area is 172 Å². The zero-order chi connectivity index (χ0) is 17.6. The molecular weight excluding hydrogens is 471 g/mol. The number of thioether (sulfide) groups is 1. The molecule has 0 saturated carbocycles. The van der Waals surface area contributed by atoms with Crippen LogP contribution in [0.15, 0.2) is 34.2 Å². The molecule has 2 rings (SSSR count). The number of primary sulfonamides is 1. The van der Waals surface area contributed by atoms with Crippen LogP contribution in [0.3, 0.4) is 0 Å². The lowest BCUT2D eigenvalue weighted by Crippen LogP contribution is -2.48. The first-order valence-corrected chi connectivity index (χ1v) is 10.8. The third-order valence-corrected chi connectivity index (χ3v) is 6.15. The maximum Gasteiger partial charge on any atom is 0.238 e. The first-order chi connectivity index (χ1) is 11.4. The smallest absolute Gasteiger partial charge is 0.238 e. The summed E-state index contributed by atoms with van der Waals surface area (Å²) in [6, 6.07) is 6.65. The summed E-state index contributed by atoms with van der Waals surface area (Å²) in [5.41, 5.74) is 0.829. The van der Waals surface area contributed by atoms with Crippen molar-refractivity contribution in [1.82, 2.24) is 10.2 Å². The number of nitrogens with two attached hydrogens (primary N) is 1. The molecule has 0 radical (unpaired) electrons. The third-order valence-electron chi connectivity index (χ3n) is 3.87. The van der Waals surface area contributed by atoms with Gasteiger partial charge >= 0.3 is 0 Å². The number of guanidine groups is 1. The molecule has 1 aromatic carbocycles. The molecule has 1 heterocycles. The lowest BCUT2D eigenvalue weighted by atomic mass is 10.2. The molecule has 0 spiro atoms. The van der Waals surface area contributed by atoms with E-state index in [0.717, 1.165) is 43.3 Å². The van der Waals surface area contributed by atoms with Crippen LogP contribution in [0.5, 0.6) is 0 Å². The van der Waals surface area contributed by atoms with Crippen LogP contribution in [0, 0.1) is 0 Å². The average molecular weight is 498 g/mol. The van der Waals surface area contributed by atoms with Crippen LogP contribution in [-0.4, -0.2) is 49.9 Å². The van der Waals surface area contributed by atoms with Crippen molar-refractivity contribution in [3.8, 4) is 0 Å². The Morgan fingerprint density at radius 2 is 2.20 bits per heavy atom. The first-order valence-electron chi connectivity index (χ1n) is 8.20. The van der Waals surface area contributed by atoms with Gasteiger partial charge in [0.15, 0.2) is 5.96 Å². The number of hydrogen-bond acceptors (Lipinski definition) is 4. The van der Waals surface area contributed by atoms with E-state index in [9.17, 15) is 8.42 Å². The summed E-state index contributed by atoms with van der Waals surface area (Å²) >= 11 is 2.02. The summed E-state index contributed by atoms with van der Waals surface area (Å²) in [6.45, 7) is 7.45. The summed E-state index contributed by atoms with van der Waals surface area (Å²) in [6.07, 6.45) is 1.15. The van der Waals surface area contributed by atoms with E-state index < -0.39 is 10.0 Å². The normalized spacial score (nSPS) is 18.6. The number of nitrogens with zero attached hydrogens (tertiary/aromatic N) is 2. The third kappa shape index (κ3) is 6.95. The zero-order valence-electron chi connectivity index (χ0n) is 14.6. The SMILES string of the molecule is CCNC(=NCc1cccc(S(N)(=O)=O)c1)N1CCSC(CC)C1.I. The van der Waals surface area contributed by atoms with Crippen LogP contribution in [0.4, 0.5) is 0 Å². The van der Waals surface area contributed by atoms with Gasteiger partial charge < -0.3 is 10.2 Å². The molecule has 25 heavy (non-hydrogen) atoms. The molecule has 3 N–H and O–H groups in total. The molecule has 1 fully saturated rings. The zero-order valence-corrected chi connectivity index (χ0v) is 18.6. The molecule has 6 nitrogen and oxygen atoms in total. The van der Waals surface area contributed by atoms with Crippen LogP contribution < -0.4 is 10.5 Å². The minimum absolute atomic E-state index is 0. The highest BCUT2D eigenvalue weighted by Crippen LogP contribution is 2.21. The fourth-order valence-electron chi connectivity index (χ4n) is 2.57. The van der Waals surface area contributed by atoms with E-state index >= 15 is 0 Å². The standard InChI is InChI=1S/C16H26N4O2S2.HI/c1-3-14-12-20(8-9-23-14)16(18-4-2)19-11-13-6-5-7-15(10-13)24(17,21)22;/h5-7,10,14H,3-4,8-9,11-12H2,1-2H3,(H,18,19)(H2,17,21,22);1H. The highest BCUT2D eigenvalue weighted by molar-refractivity contribution is 14.0. The van der Waals surface area contributed by atoms with Crippen molar-refractivity contribution in [1.29, 1.82) is 0 Å². The predicted molar refractivity (Wildman–Crippen MR) is 116 cm³/mol. The Hall–Kier alpha value is -0.520. The lowest BCUT2D eigenvalue weighted by Gasteiger charge is -2.34. The van der Waals surface area contributed by atoms with Gasteiger partial charge in [0.05, 0.1) is 11.4 Å². The minimum atomic E-state index is -3.68. The summed E-state index contributed by atoms with van der Waals surface area (Å²) in [7, 11) is -3.68. The monoisotopic (exact) mass is 498 g/mol. The van der Waals surface area contributed by atoms with E-state index in [1.54, 1.807) is 12.1 Å². The van der Waals surface area contributed by atoms with Crippen LogP contribution in [0.25, 0.3) is 0 Å². The Balaban J connectivity index is 0.00000312. The molecule has 0 aliphatic carbocycles. The lowest BCUT2D eigenvalue weighted by molar-refractivity contribution is 0.408. The molecule has 1 aliphatic rings. The molecule has 1 aliphatic heterocycles. The number of nitrogens with one attached hydrogen (secondary N) is 1. The fourth-order valence-corrected chi connectivity index (χ4v) is 4.34. The van der Waals surface area contributed by atoms with Crippen molar-refractivity contribution < 1.29 is 8.42 Å². The van der Waals surface area contributed by atoms with Crippen molar-refractivity contribution in [2.24, 2.45) is 10.1 Å². The first kappa shape index (κ1) is 22.5. The largest absolute Gasteiger partial charge is 0.357 e. The molecule has 1 aromatic rings. The predicted octanol–water partition coefficient (Wildman–Crippen LogP) is 2.24. The molecular formula is C16H27IN4O2S2. The molecule has 1 saturated heterocycles. The molecule has 0 amide bonds. The van der Waals surface area contributed by atoms with E-state index in [1.165, 1.54) is 6.07 Å². The Kier molecular flexibility index (Phi) is 9.54. The molecule has 0 aromatic heterocycles. The molecule has 0 bridgehead atoms. The summed E-state index contributed by atoms with van der Waals surface area (Å²) < 4.78 is 22.9. The highest BCUT2D eigenvalue weighted by atomic mass is 127. The van der Waals surface area contributed by atoms with Crippen molar-refractivity contribution >= 4 is 51.7 Å². The number of rotatable bonds is 5. The topological polar surface area (TPSA) is 87.8 Å². The maximum absolute atomic E-state index is 11.5. The van der Waals surface area contributed by atoms with Crippen LogP contribution >= 0.6 is 35.7 Å². The maximum atomic E-state index is 11.5. The van der Waals surface area contributed by atoms with Gasteiger partial charge in [0.1, 0.15) is 0 Å². The van der Waals surface area contributed by atoms with Crippen LogP contribution in [0.2, 0.25) is 0 Å². The van der Waals surface area contributed by atoms with Gasteiger partial charge in [0.25, 0.3) is 0 Å². The van der Waals surface area contributed by atoms with Gasteiger partial charge in [-0.1, -0.05) is 19.1 Å². The van der Waals surface area contributed by atoms with Crippen molar-refractivity contribution in [3.63, 3.8) is 0 Å². The molecule has 9 heteroatoms. The Morgan fingerprint density at radius 1 is 1.44 bits per heavy atom. The molecule has 1 atom stereocenters. The van der Waals surface area contributed by atoms with Crippen molar-refractivity contribution in [2.45, 2.75) is 37.0 Å². The quantitative estimate of drug-likeness (QED) is 0.370. The van der Waals surface area contributed by atoms with E-state index in [4.69, 9.17) is 5.14 Å². The van der Waals surface area contributed by atoms with Gasteiger partial charge in [-0.15, -0.1) is 24.0 Å². The van der Waals surface area contributed by atoms with Gasteiger partial charge in [-0.25, -0.2) is 18.5 Å². The Morgan fingerprint density at radius 3 is 2.84 bits per heavy atom. The van der Waals surface area contributed by atoms with Gasteiger partial charge in [0, 0.05) is 30.6 Å². The summed E-state index contributed by atoms with van der Waals surface area (Å²) in [5, 5.41) is 9.16. The second-order valence-electron chi connectivity index (χ2n) is 5.71. The summed E-state index contributed by atoms with van der Waals surface area (Å²) in [4.78, 5) is 7.10. The van der Waals surface area contributed by atoms with E-state index in [1.807, 2.05) is 24.8 Å². The number of aliphatic imine (C=N–C) groups is 1. The van der Waals surface area contributed by atoms with Gasteiger partial charge in [-0.3, -0.25) is 0 Å². The van der Waals surface area contributed by atoms with Crippen LogP contribution in [0.1, 0.15) is 25.8 Å². The van der Waals surface area contributed by atoms with E-state index in [2.05, 4.69) is 22.1 Å². The summed E-state index contributed by atoms with van der Waals surface area (Å²) in [5.74, 6) is 1.99. The average Bonchev–Trinajstić information content (AvgIpc) is 2.58. The fraction of sp³-hybridized carbons (Fsp3) is 0.562. The van der Waals surface area contributed by atoms with Crippen LogP contribution in [-0.2, 0) is 16.6 Å². The van der Waals surface area contributed by atoms with E-state index in [0.29, 0.717) is 11.8 Å². The second kappa shape index (κ2) is 10.6. The number of benzene rings is 1. The minimum Gasteiger partial charge on any atom is -0.357 e. The van der Waals surface area contributed by atoms with Gasteiger partial charge in [-0.05, 0) is 31.0 Å². The highest BCUT2D eigenvalue weighted by Gasteiger charge is 2.21. The van der Waals surface area contributed by atoms with Gasteiger partial charge in [0.2, 0.25) is 10.0 Å². The van der Waals surface area contributed by atoms with Crippen molar-refractivity contribution in [2.75, 3.05) is 25.4 Å². The van der Waals surface area contributed by atoms with E-state index in [-0.39, 0.29) is 28.9 Å². The Bertz CT molecular complexity index is 682. The number of halogens is 1.